The largest absolute Gasteiger partial charge is 0.388 e. The molecule has 16 heavy (non-hydrogen) atoms. The molecule has 1 fully saturated rings. The van der Waals surface area contributed by atoms with Crippen LogP contribution in [0, 0.1) is 0 Å². The molecule has 0 atom stereocenters. The van der Waals surface area contributed by atoms with Crippen molar-refractivity contribution >= 4 is 0 Å². The van der Waals surface area contributed by atoms with Crippen molar-refractivity contribution in [1.82, 2.24) is 5.32 Å². The summed E-state index contributed by atoms with van der Waals surface area (Å²) in [5, 5.41) is 13.5. The van der Waals surface area contributed by atoms with E-state index in [1.807, 2.05) is 18.2 Å². The van der Waals surface area contributed by atoms with Gasteiger partial charge in [0.1, 0.15) is 0 Å². The van der Waals surface area contributed by atoms with Gasteiger partial charge >= 0.3 is 0 Å². The van der Waals surface area contributed by atoms with Gasteiger partial charge in [0, 0.05) is 39.1 Å². The van der Waals surface area contributed by atoms with Crippen LogP contribution in [0.15, 0.2) is 30.3 Å². The first-order chi connectivity index (χ1) is 7.79. The molecule has 3 nitrogen and oxygen atoms in total. The number of rotatable bonds is 4. The van der Waals surface area contributed by atoms with E-state index in [2.05, 4.69) is 17.4 Å². The Bertz CT molecular complexity index is 307. The molecule has 1 aliphatic heterocycles. The average molecular weight is 221 g/mol. The summed E-state index contributed by atoms with van der Waals surface area (Å²) in [5.41, 5.74) is 0.672. The van der Waals surface area contributed by atoms with Crippen molar-refractivity contribution in [2.45, 2.75) is 25.0 Å². The monoisotopic (exact) mass is 221 g/mol. The molecule has 0 amide bonds. The fraction of sp³-hybridized carbons (Fsp3) is 0.538. The van der Waals surface area contributed by atoms with Gasteiger partial charge in [-0.1, -0.05) is 30.3 Å². The molecular formula is C13H19NO2. The van der Waals surface area contributed by atoms with E-state index in [1.165, 1.54) is 5.56 Å². The van der Waals surface area contributed by atoms with E-state index in [0.29, 0.717) is 19.8 Å². The van der Waals surface area contributed by atoms with Crippen LogP contribution in [-0.2, 0) is 11.3 Å². The Morgan fingerprint density at radius 1 is 1.19 bits per heavy atom. The summed E-state index contributed by atoms with van der Waals surface area (Å²) < 4.78 is 5.24. The molecular weight excluding hydrogens is 202 g/mol. The van der Waals surface area contributed by atoms with Crippen LogP contribution in [0.25, 0.3) is 0 Å². The highest BCUT2D eigenvalue weighted by molar-refractivity contribution is 5.14. The van der Waals surface area contributed by atoms with Crippen molar-refractivity contribution in [1.29, 1.82) is 0 Å². The van der Waals surface area contributed by atoms with Gasteiger partial charge in [-0.15, -0.1) is 0 Å². The number of ether oxygens (including phenoxy) is 1. The third-order valence-corrected chi connectivity index (χ3v) is 3.05. The van der Waals surface area contributed by atoms with Crippen LogP contribution in [0.5, 0.6) is 0 Å². The van der Waals surface area contributed by atoms with Crippen molar-refractivity contribution in [2.75, 3.05) is 19.8 Å². The molecule has 0 aromatic heterocycles. The maximum atomic E-state index is 10.2. The lowest BCUT2D eigenvalue weighted by Gasteiger charge is -2.32. The van der Waals surface area contributed by atoms with E-state index in [1.54, 1.807) is 0 Å². The highest BCUT2D eigenvalue weighted by Crippen LogP contribution is 2.19. The lowest BCUT2D eigenvalue weighted by atomic mass is 9.94. The van der Waals surface area contributed by atoms with E-state index >= 15 is 0 Å². The predicted molar refractivity (Wildman–Crippen MR) is 63.2 cm³/mol. The second-order valence-electron chi connectivity index (χ2n) is 4.43. The van der Waals surface area contributed by atoms with Crippen LogP contribution in [0.1, 0.15) is 18.4 Å². The molecule has 2 N–H and O–H groups in total. The number of hydrogen-bond acceptors (Lipinski definition) is 3. The predicted octanol–water partition coefficient (Wildman–Crippen LogP) is 1.32. The molecule has 0 bridgehead atoms. The summed E-state index contributed by atoms with van der Waals surface area (Å²) in [6, 6.07) is 10.2. The van der Waals surface area contributed by atoms with Gasteiger partial charge in [-0.3, -0.25) is 0 Å². The first-order valence-electron chi connectivity index (χ1n) is 5.83. The Morgan fingerprint density at radius 2 is 1.88 bits per heavy atom. The number of benzene rings is 1. The molecule has 0 saturated carbocycles. The van der Waals surface area contributed by atoms with Gasteiger partial charge in [-0.2, -0.15) is 0 Å². The standard InChI is InChI=1S/C13H19NO2/c15-13(6-8-16-9-7-13)11-14-10-12-4-2-1-3-5-12/h1-5,14-15H,6-11H2. The van der Waals surface area contributed by atoms with Gasteiger partial charge in [0.05, 0.1) is 5.60 Å². The Morgan fingerprint density at radius 3 is 2.56 bits per heavy atom. The molecule has 0 unspecified atom stereocenters. The number of aliphatic hydroxyl groups is 1. The molecule has 0 spiro atoms. The van der Waals surface area contributed by atoms with Gasteiger partial charge in [0.2, 0.25) is 0 Å². The van der Waals surface area contributed by atoms with Crippen molar-refractivity contribution < 1.29 is 9.84 Å². The van der Waals surface area contributed by atoms with Gasteiger partial charge in [-0.05, 0) is 5.56 Å². The minimum atomic E-state index is -0.576. The maximum absolute atomic E-state index is 10.2. The summed E-state index contributed by atoms with van der Waals surface area (Å²) >= 11 is 0. The molecule has 3 heteroatoms. The SMILES string of the molecule is OC1(CNCc2ccccc2)CCOCC1. The maximum Gasteiger partial charge on any atom is 0.0815 e. The van der Waals surface area contributed by atoms with Crippen molar-refractivity contribution in [3.63, 3.8) is 0 Å². The van der Waals surface area contributed by atoms with E-state index in [9.17, 15) is 5.11 Å². The fourth-order valence-electron chi connectivity index (χ4n) is 1.96. The summed E-state index contributed by atoms with van der Waals surface area (Å²) in [4.78, 5) is 0. The summed E-state index contributed by atoms with van der Waals surface area (Å²) in [7, 11) is 0. The Labute approximate surface area is 96.4 Å². The molecule has 0 aliphatic carbocycles. The van der Waals surface area contributed by atoms with E-state index in [-0.39, 0.29) is 0 Å². The first kappa shape index (κ1) is 11.6. The van der Waals surface area contributed by atoms with Gasteiger partial charge in [0.25, 0.3) is 0 Å². The zero-order valence-corrected chi connectivity index (χ0v) is 9.48. The van der Waals surface area contributed by atoms with E-state index in [0.717, 1.165) is 19.4 Å². The summed E-state index contributed by atoms with van der Waals surface area (Å²) in [6.45, 7) is 2.79. The molecule has 1 heterocycles. The Balaban J connectivity index is 1.75. The third-order valence-electron chi connectivity index (χ3n) is 3.05. The minimum absolute atomic E-state index is 0.576. The van der Waals surface area contributed by atoms with Gasteiger partial charge in [0.15, 0.2) is 0 Å². The smallest absolute Gasteiger partial charge is 0.0815 e. The van der Waals surface area contributed by atoms with Crippen LogP contribution in [0.4, 0.5) is 0 Å². The Kier molecular flexibility index (Phi) is 3.93. The quantitative estimate of drug-likeness (QED) is 0.805. The normalized spacial score (nSPS) is 19.6. The van der Waals surface area contributed by atoms with Crippen molar-refractivity contribution in [2.24, 2.45) is 0 Å². The third kappa shape index (κ3) is 3.30. The lowest BCUT2D eigenvalue weighted by molar-refractivity contribution is -0.0617. The molecule has 1 aromatic carbocycles. The molecule has 1 saturated heterocycles. The van der Waals surface area contributed by atoms with Crippen molar-refractivity contribution in [3.8, 4) is 0 Å². The molecule has 2 rings (SSSR count). The van der Waals surface area contributed by atoms with Crippen LogP contribution in [0.2, 0.25) is 0 Å². The van der Waals surface area contributed by atoms with Crippen LogP contribution in [0.3, 0.4) is 0 Å². The highest BCUT2D eigenvalue weighted by atomic mass is 16.5. The van der Waals surface area contributed by atoms with E-state index < -0.39 is 5.60 Å². The van der Waals surface area contributed by atoms with Crippen LogP contribution >= 0.6 is 0 Å². The molecule has 1 aromatic rings. The zero-order valence-electron chi connectivity index (χ0n) is 9.48. The first-order valence-corrected chi connectivity index (χ1v) is 5.83. The Hall–Kier alpha value is -0.900. The summed E-state index contributed by atoms with van der Waals surface area (Å²) in [6.07, 6.45) is 1.46. The second-order valence-corrected chi connectivity index (χ2v) is 4.43. The van der Waals surface area contributed by atoms with Gasteiger partial charge in [-0.25, -0.2) is 0 Å². The lowest BCUT2D eigenvalue weighted by Crippen LogP contribution is -2.44. The fourth-order valence-corrected chi connectivity index (χ4v) is 1.96. The molecule has 0 radical (unpaired) electrons. The van der Waals surface area contributed by atoms with Crippen LogP contribution in [-0.4, -0.2) is 30.5 Å². The average Bonchev–Trinajstić information content (AvgIpc) is 2.31. The summed E-state index contributed by atoms with van der Waals surface area (Å²) in [5.74, 6) is 0. The number of hydrogen-bond donors (Lipinski definition) is 2. The van der Waals surface area contributed by atoms with E-state index in [4.69, 9.17) is 4.74 Å². The molecule has 1 aliphatic rings. The van der Waals surface area contributed by atoms with Gasteiger partial charge < -0.3 is 15.2 Å². The highest BCUT2D eigenvalue weighted by Gasteiger charge is 2.28. The minimum Gasteiger partial charge on any atom is -0.388 e. The number of nitrogens with one attached hydrogen (secondary N) is 1. The molecule has 88 valence electrons. The van der Waals surface area contributed by atoms with Crippen molar-refractivity contribution in [3.05, 3.63) is 35.9 Å². The second kappa shape index (κ2) is 5.43. The zero-order chi connectivity index (χ0) is 11.3. The topological polar surface area (TPSA) is 41.5 Å². The van der Waals surface area contributed by atoms with Crippen LogP contribution < -0.4 is 5.32 Å².